The summed E-state index contributed by atoms with van der Waals surface area (Å²) in [5, 5.41) is 0. The average molecular weight is 387 g/mol. The molecular formula is C29H38. The molecule has 0 N–H and O–H groups in total. The van der Waals surface area contributed by atoms with Crippen LogP contribution >= 0.6 is 0 Å². The van der Waals surface area contributed by atoms with Crippen molar-refractivity contribution in [2.75, 3.05) is 0 Å². The van der Waals surface area contributed by atoms with E-state index in [2.05, 4.69) is 126 Å². The van der Waals surface area contributed by atoms with Crippen LogP contribution in [-0.4, -0.2) is 0 Å². The van der Waals surface area contributed by atoms with E-state index in [1.54, 1.807) is 0 Å². The molecule has 0 aliphatic carbocycles. The normalized spacial score (nSPS) is 10.3. The van der Waals surface area contributed by atoms with Gasteiger partial charge in [0.2, 0.25) is 0 Å². The Kier molecular flexibility index (Phi) is 12.1. The summed E-state index contributed by atoms with van der Waals surface area (Å²) >= 11 is 0. The fourth-order valence-corrected chi connectivity index (χ4v) is 3.00. The maximum absolute atomic E-state index is 2.27. The molecule has 0 atom stereocenters. The molecule has 0 nitrogen and oxygen atoms in total. The predicted molar refractivity (Wildman–Crippen MR) is 131 cm³/mol. The van der Waals surface area contributed by atoms with Gasteiger partial charge < -0.3 is 0 Å². The van der Waals surface area contributed by atoms with Gasteiger partial charge in [0.1, 0.15) is 0 Å². The van der Waals surface area contributed by atoms with E-state index >= 15 is 0 Å². The van der Waals surface area contributed by atoms with Crippen LogP contribution in [0, 0.1) is 20.8 Å². The maximum atomic E-state index is 2.27. The van der Waals surface area contributed by atoms with Crippen LogP contribution in [0.1, 0.15) is 61.4 Å². The van der Waals surface area contributed by atoms with Crippen LogP contribution in [-0.2, 0) is 6.42 Å². The molecule has 0 aliphatic rings. The Bertz CT molecular complexity index is 802. The molecule has 0 amide bonds. The molecule has 3 aromatic carbocycles. The van der Waals surface area contributed by atoms with Gasteiger partial charge in [0.25, 0.3) is 0 Å². The number of allylic oxidation sites excluding steroid dienone is 2. The molecular weight excluding hydrogens is 348 g/mol. The Labute approximate surface area is 179 Å². The van der Waals surface area contributed by atoms with Gasteiger partial charge in [-0.1, -0.05) is 116 Å². The summed E-state index contributed by atoms with van der Waals surface area (Å²) in [5.41, 5.74) is 8.22. The SMILES string of the molecule is CC/C=C(/C)c1ccccc1C.CCCc1ccccc1.Cc1ccc(C)cc1. The van der Waals surface area contributed by atoms with Crippen molar-refractivity contribution >= 4 is 5.57 Å². The Morgan fingerprint density at radius 1 is 0.690 bits per heavy atom. The fraction of sp³-hybridized carbons (Fsp3) is 0.310. The van der Waals surface area contributed by atoms with Crippen molar-refractivity contribution in [3.05, 3.63) is 113 Å². The highest BCUT2D eigenvalue weighted by Gasteiger charge is 1.96. The monoisotopic (exact) mass is 386 g/mol. The summed E-state index contributed by atoms with van der Waals surface area (Å²) in [4.78, 5) is 0. The number of benzene rings is 3. The molecule has 0 aliphatic heterocycles. The highest BCUT2D eigenvalue weighted by Crippen LogP contribution is 2.17. The van der Waals surface area contributed by atoms with Gasteiger partial charge in [0.15, 0.2) is 0 Å². The quantitative estimate of drug-likeness (QED) is 0.420. The van der Waals surface area contributed by atoms with E-state index in [9.17, 15) is 0 Å². The van der Waals surface area contributed by atoms with E-state index in [1.807, 2.05) is 0 Å². The third kappa shape index (κ3) is 10.5. The van der Waals surface area contributed by atoms with Crippen molar-refractivity contribution in [2.24, 2.45) is 0 Å². The van der Waals surface area contributed by atoms with E-state index in [1.165, 1.54) is 46.2 Å². The molecule has 0 spiro atoms. The van der Waals surface area contributed by atoms with Crippen LogP contribution in [0.2, 0.25) is 0 Å². The summed E-state index contributed by atoms with van der Waals surface area (Å²) in [6.45, 7) is 12.9. The van der Waals surface area contributed by atoms with Crippen molar-refractivity contribution in [1.82, 2.24) is 0 Å². The third-order valence-electron chi connectivity index (χ3n) is 4.68. The second-order valence-corrected chi connectivity index (χ2v) is 7.50. The first-order valence-electron chi connectivity index (χ1n) is 10.8. The highest BCUT2D eigenvalue weighted by molar-refractivity contribution is 5.66. The molecule has 3 aromatic rings. The van der Waals surface area contributed by atoms with Crippen LogP contribution in [0.5, 0.6) is 0 Å². The van der Waals surface area contributed by atoms with Crippen LogP contribution < -0.4 is 0 Å². The number of rotatable bonds is 4. The molecule has 0 heterocycles. The van der Waals surface area contributed by atoms with E-state index in [0.717, 1.165) is 6.42 Å². The molecule has 0 aromatic heterocycles. The highest BCUT2D eigenvalue weighted by atomic mass is 14.0. The van der Waals surface area contributed by atoms with Gasteiger partial charge in [-0.3, -0.25) is 0 Å². The van der Waals surface area contributed by atoms with Crippen LogP contribution in [0.25, 0.3) is 5.57 Å². The van der Waals surface area contributed by atoms with Crippen LogP contribution in [0.3, 0.4) is 0 Å². The third-order valence-corrected chi connectivity index (χ3v) is 4.68. The lowest BCUT2D eigenvalue weighted by molar-refractivity contribution is 0.922. The lowest BCUT2D eigenvalue weighted by atomic mass is 10.0. The molecule has 0 radical (unpaired) electrons. The van der Waals surface area contributed by atoms with Gasteiger partial charge in [0, 0.05) is 0 Å². The second-order valence-electron chi connectivity index (χ2n) is 7.50. The Balaban J connectivity index is 0.000000223. The molecule has 0 saturated heterocycles. The van der Waals surface area contributed by atoms with Gasteiger partial charge in [-0.25, -0.2) is 0 Å². The Morgan fingerprint density at radius 2 is 1.21 bits per heavy atom. The number of hydrogen-bond donors (Lipinski definition) is 0. The summed E-state index contributed by atoms with van der Waals surface area (Å²) in [7, 11) is 0. The first-order chi connectivity index (χ1) is 14.0. The first kappa shape index (κ1) is 24.4. The maximum Gasteiger partial charge on any atom is -0.0201 e. The minimum absolute atomic E-state index is 1.11. The van der Waals surface area contributed by atoms with E-state index in [0.29, 0.717) is 0 Å². The zero-order chi connectivity index (χ0) is 21.5. The van der Waals surface area contributed by atoms with Crippen molar-refractivity contribution in [1.29, 1.82) is 0 Å². The molecule has 0 saturated carbocycles. The number of hydrogen-bond acceptors (Lipinski definition) is 0. The van der Waals surface area contributed by atoms with Crippen LogP contribution in [0.4, 0.5) is 0 Å². The largest absolute Gasteiger partial charge is 0.0813 e. The van der Waals surface area contributed by atoms with Crippen molar-refractivity contribution < 1.29 is 0 Å². The van der Waals surface area contributed by atoms with E-state index in [4.69, 9.17) is 0 Å². The summed E-state index contributed by atoms with van der Waals surface area (Å²) in [5.74, 6) is 0. The zero-order valence-corrected chi connectivity index (χ0v) is 19.2. The second kappa shape index (κ2) is 14.4. The Morgan fingerprint density at radius 3 is 1.69 bits per heavy atom. The fourth-order valence-electron chi connectivity index (χ4n) is 3.00. The molecule has 0 bridgehead atoms. The van der Waals surface area contributed by atoms with Crippen LogP contribution in [0.15, 0.2) is 84.9 Å². The topological polar surface area (TPSA) is 0 Å². The smallest absolute Gasteiger partial charge is 0.0201 e. The predicted octanol–water partition coefficient (Wildman–Crippen LogP) is 8.75. The molecule has 0 unspecified atom stereocenters. The van der Waals surface area contributed by atoms with Gasteiger partial charge >= 0.3 is 0 Å². The summed E-state index contributed by atoms with van der Waals surface area (Å²) in [6, 6.07) is 27.6. The van der Waals surface area contributed by atoms with Gasteiger partial charge in [-0.05, 0) is 62.8 Å². The Hall–Kier alpha value is -2.60. The zero-order valence-electron chi connectivity index (χ0n) is 19.2. The molecule has 154 valence electrons. The lowest BCUT2D eigenvalue weighted by Crippen LogP contribution is -1.83. The van der Waals surface area contributed by atoms with Crippen molar-refractivity contribution in [2.45, 2.75) is 60.8 Å². The molecule has 29 heavy (non-hydrogen) atoms. The number of aryl methyl sites for hydroxylation is 4. The van der Waals surface area contributed by atoms with E-state index < -0.39 is 0 Å². The summed E-state index contributed by atoms with van der Waals surface area (Å²) < 4.78 is 0. The standard InChI is InChI=1S/C12H16.C9H12.C8H10/c1-4-7-10(2)12-9-6-5-8-11(12)3;1-2-6-9-7-4-3-5-8-9;1-7-3-5-8(2)6-4-7/h5-9H,4H2,1-3H3;3-5,7-8H,2,6H2,1H3;3-6H,1-2H3/b10-7-;;. The molecule has 0 fully saturated rings. The molecule has 3 rings (SSSR count). The minimum atomic E-state index is 1.11. The van der Waals surface area contributed by atoms with Gasteiger partial charge in [-0.15, -0.1) is 0 Å². The average Bonchev–Trinajstić information content (AvgIpc) is 2.73. The lowest BCUT2D eigenvalue weighted by Gasteiger charge is -2.04. The van der Waals surface area contributed by atoms with Crippen molar-refractivity contribution in [3.8, 4) is 0 Å². The van der Waals surface area contributed by atoms with E-state index in [-0.39, 0.29) is 0 Å². The van der Waals surface area contributed by atoms with Gasteiger partial charge in [-0.2, -0.15) is 0 Å². The minimum Gasteiger partial charge on any atom is -0.0813 e. The first-order valence-corrected chi connectivity index (χ1v) is 10.8. The summed E-state index contributed by atoms with van der Waals surface area (Å²) in [6.07, 6.45) is 5.83. The van der Waals surface area contributed by atoms with Gasteiger partial charge in [0.05, 0.1) is 0 Å². The van der Waals surface area contributed by atoms with Crippen molar-refractivity contribution in [3.63, 3.8) is 0 Å². The molecule has 0 heteroatoms.